The molecule has 0 atom stereocenters. The zero-order valence-electron chi connectivity index (χ0n) is 16.9. The van der Waals surface area contributed by atoms with Crippen LogP contribution in [0.5, 0.6) is 5.75 Å². The average Bonchev–Trinajstić information content (AvgIpc) is 3.14. The Bertz CT molecular complexity index is 1070. The van der Waals surface area contributed by atoms with Crippen LogP contribution in [0.15, 0.2) is 85.2 Å². The molecule has 0 saturated heterocycles. The maximum Gasteiger partial charge on any atom is 0.144 e. The summed E-state index contributed by atoms with van der Waals surface area (Å²) in [5.41, 5.74) is 4.48. The Morgan fingerprint density at radius 2 is 2.03 bits per heavy atom. The van der Waals surface area contributed by atoms with Crippen LogP contribution in [-0.2, 0) is 6.42 Å². The van der Waals surface area contributed by atoms with E-state index in [1.165, 1.54) is 6.08 Å². The van der Waals surface area contributed by atoms with E-state index < -0.39 is 0 Å². The Morgan fingerprint density at radius 3 is 2.67 bits per heavy atom. The van der Waals surface area contributed by atoms with Gasteiger partial charge in [0.05, 0.1) is 24.8 Å². The third-order valence-electron chi connectivity index (χ3n) is 4.29. The second-order valence-electron chi connectivity index (χ2n) is 6.73. The van der Waals surface area contributed by atoms with Crippen molar-refractivity contribution < 1.29 is 4.74 Å². The summed E-state index contributed by atoms with van der Waals surface area (Å²) < 4.78 is 7.46. The van der Waals surface area contributed by atoms with Crippen LogP contribution in [0, 0.1) is 12.3 Å². The number of hydrogen-bond acceptors (Lipinski definition) is 5. The molecule has 6 nitrogen and oxygen atoms in total. The predicted octanol–water partition coefficient (Wildman–Crippen LogP) is 5.00. The summed E-state index contributed by atoms with van der Waals surface area (Å²) in [6, 6.07) is 15.7. The highest BCUT2D eigenvalue weighted by Crippen LogP contribution is 2.27. The number of imidazole rings is 1. The molecule has 0 fully saturated rings. The lowest BCUT2D eigenvalue weighted by atomic mass is 10.1. The highest BCUT2D eigenvalue weighted by atomic mass is 35.5. The van der Waals surface area contributed by atoms with Crippen molar-refractivity contribution in [1.82, 2.24) is 14.9 Å². The molecule has 0 bridgehead atoms. The van der Waals surface area contributed by atoms with Gasteiger partial charge in [-0.25, -0.2) is 4.98 Å². The van der Waals surface area contributed by atoms with Crippen molar-refractivity contribution in [2.75, 3.05) is 12.4 Å². The maximum atomic E-state index is 7.63. The van der Waals surface area contributed by atoms with Crippen LogP contribution in [0.25, 0.3) is 5.69 Å². The number of benzene rings is 2. The molecule has 3 rings (SSSR count). The van der Waals surface area contributed by atoms with Crippen molar-refractivity contribution in [3.63, 3.8) is 0 Å². The number of nitrogens with zero attached hydrogens (tertiary/aromatic N) is 2. The van der Waals surface area contributed by atoms with Gasteiger partial charge >= 0.3 is 0 Å². The van der Waals surface area contributed by atoms with Gasteiger partial charge in [-0.2, -0.15) is 0 Å². The summed E-state index contributed by atoms with van der Waals surface area (Å²) in [7, 11) is 1.62. The van der Waals surface area contributed by atoms with Gasteiger partial charge in [-0.05, 0) is 24.6 Å². The van der Waals surface area contributed by atoms with Crippen molar-refractivity contribution in [3.8, 4) is 11.4 Å². The van der Waals surface area contributed by atoms with Crippen LogP contribution >= 0.6 is 11.6 Å². The highest BCUT2D eigenvalue weighted by molar-refractivity contribution is 6.67. The van der Waals surface area contributed by atoms with Gasteiger partial charge in [0.1, 0.15) is 16.7 Å². The lowest BCUT2D eigenvalue weighted by Gasteiger charge is -2.17. The van der Waals surface area contributed by atoms with E-state index >= 15 is 0 Å². The van der Waals surface area contributed by atoms with Crippen molar-refractivity contribution >= 4 is 22.5 Å². The Hall–Kier alpha value is -3.51. The molecule has 30 heavy (non-hydrogen) atoms. The highest BCUT2D eigenvalue weighted by Gasteiger charge is 2.09. The number of hydrogen-bond donors (Lipinski definition) is 3. The molecule has 0 spiro atoms. The van der Waals surface area contributed by atoms with Crippen molar-refractivity contribution in [1.29, 1.82) is 5.41 Å². The van der Waals surface area contributed by atoms with Crippen molar-refractivity contribution in [3.05, 3.63) is 96.5 Å². The predicted molar refractivity (Wildman–Crippen MR) is 123 cm³/mol. The topological polar surface area (TPSA) is 75.0 Å². The first-order valence-electron chi connectivity index (χ1n) is 9.35. The quantitative estimate of drug-likeness (QED) is 0.425. The maximum absolute atomic E-state index is 7.63. The molecular formula is C23H24ClN5O. The summed E-state index contributed by atoms with van der Waals surface area (Å²) in [6.07, 6.45) is 5.82. The number of ether oxygens (including phenoxy) is 1. The van der Waals surface area contributed by atoms with E-state index in [4.69, 9.17) is 21.7 Å². The molecule has 3 aromatic rings. The molecule has 0 radical (unpaired) electrons. The minimum absolute atomic E-state index is 0.102. The number of halogens is 1. The standard InChI is InChI=1S/C23H24ClN5O/c1-16(11-18-7-5-4-6-8-18)27-23(13-22(24)25)28-19-9-10-20(21(12-19)30-3)29-14-17(2)26-15-29/h4-10,12-15,25,27-28H,1,11H2,2-3H3. The fourth-order valence-electron chi connectivity index (χ4n) is 2.98. The minimum Gasteiger partial charge on any atom is -0.494 e. The lowest BCUT2D eigenvalue weighted by molar-refractivity contribution is 0.413. The summed E-state index contributed by atoms with van der Waals surface area (Å²) in [4.78, 5) is 4.26. The van der Waals surface area contributed by atoms with Crippen LogP contribution in [0.4, 0.5) is 5.69 Å². The van der Waals surface area contributed by atoms with E-state index in [2.05, 4.69) is 22.2 Å². The van der Waals surface area contributed by atoms with Gasteiger partial charge in [0.2, 0.25) is 0 Å². The number of rotatable bonds is 9. The van der Waals surface area contributed by atoms with Crippen LogP contribution < -0.4 is 15.4 Å². The minimum atomic E-state index is -0.102. The van der Waals surface area contributed by atoms with Crippen LogP contribution in [-0.4, -0.2) is 21.8 Å². The average molecular weight is 422 g/mol. The molecule has 0 saturated carbocycles. The molecular weight excluding hydrogens is 398 g/mol. The van der Waals surface area contributed by atoms with Gasteiger partial charge in [0.25, 0.3) is 0 Å². The lowest BCUT2D eigenvalue weighted by Crippen LogP contribution is -2.20. The monoisotopic (exact) mass is 421 g/mol. The van der Waals surface area contributed by atoms with Gasteiger partial charge in [-0.1, -0.05) is 48.5 Å². The normalized spacial score (nSPS) is 11.1. The van der Waals surface area contributed by atoms with Crippen molar-refractivity contribution in [2.24, 2.45) is 0 Å². The smallest absolute Gasteiger partial charge is 0.144 e. The zero-order valence-corrected chi connectivity index (χ0v) is 17.7. The number of methoxy groups -OCH3 is 1. The van der Waals surface area contributed by atoms with E-state index in [1.807, 2.05) is 66.2 Å². The van der Waals surface area contributed by atoms with E-state index in [9.17, 15) is 0 Å². The van der Waals surface area contributed by atoms with Crippen LogP contribution in [0.3, 0.4) is 0 Å². The number of nitrogens with one attached hydrogen (secondary N) is 3. The zero-order chi connectivity index (χ0) is 21.5. The second-order valence-corrected chi connectivity index (χ2v) is 7.14. The molecule has 3 N–H and O–H groups in total. The summed E-state index contributed by atoms with van der Waals surface area (Å²) >= 11 is 5.81. The molecule has 154 valence electrons. The molecule has 1 heterocycles. The molecule has 0 amide bonds. The fraction of sp³-hybridized carbons (Fsp3) is 0.130. The van der Waals surface area contributed by atoms with E-state index in [0.717, 1.165) is 28.3 Å². The first-order valence-corrected chi connectivity index (χ1v) is 9.73. The number of aromatic nitrogens is 2. The molecule has 0 aliphatic carbocycles. The van der Waals surface area contributed by atoms with E-state index in [0.29, 0.717) is 18.0 Å². The Morgan fingerprint density at radius 1 is 1.27 bits per heavy atom. The first-order chi connectivity index (χ1) is 14.4. The summed E-state index contributed by atoms with van der Waals surface area (Å²) in [5, 5.41) is 14.0. The van der Waals surface area contributed by atoms with Crippen LogP contribution in [0.1, 0.15) is 11.3 Å². The van der Waals surface area contributed by atoms with Gasteiger partial charge in [-0.15, -0.1) is 0 Å². The Kier molecular flexibility index (Phi) is 6.93. The second kappa shape index (κ2) is 9.80. The molecule has 1 aromatic heterocycles. The summed E-state index contributed by atoms with van der Waals surface area (Å²) in [5.74, 6) is 1.23. The molecule has 7 heteroatoms. The molecule has 0 aliphatic heterocycles. The number of anilines is 1. The van der Waals surface area contributed by atoms with Crippen molar-refractivity contribution in [2.45, 2.75) is 13.3 Å². The van der Waals surface area contributed by atoms with E-state index in [1.54, 1.807) is 13.4 Å². The Labute approximate surface area is 181 Å². The fourth-order valence-corrected chi connectivity index (χ4v) is 3.09. The number of allylic oxidation sites excluding steroid dienone is 2. The van der Waals surface area contributed by atoms with E-state index in [-0.39, 0.29) is 5.17 Å². The molecule has 0 aliphatic rings. The van der Waals surface area contributed by atoms with Gasteiger partial charge in [0, 0.05) is 36.1 Å². The van der Waals surface area contributed by atoms with Gasteiger partial charge in [-0.3, -0.25) is 5.41 Å². The Balaban J connectivity index is 1.77. The van der Waals surface area contributed by atoms with Gasteiger partial charge < -0.3 is 19.9 Å². The first kappa shape index (κ1) is 21.2. The molecule has 2 aromatic carbocycles. The third-order valence-corrected chi connectivity index (χ3v) is 4.40. The largest absolute Gasteiger partial charge is 0.494 e. The SMILES string of the molecule is C=C(Cc1ccccc1)NC(=CC(=N)Cl)Nc1ccc(-n2cnc(C)c2)c(OC)c1. The number of aryl methyl sites for hydroxylation is 1. The third kappa shape index (κ3) is 5.75. The van der Waals surface area contributed by atoms with Gasteiger partial charge in [0.15, 0.2) is 0 Å². The van der Waals surface area contributed by atoms with Crippen LogP contribution in [0.2, 0.25) is 0 Å². The molecule has 0 unspecified atom stereocenters. The summed E-state index contributed by atoms with van der Waals surface area (Å²) in [6.45, 7) is 6.02.